The van der Waals surface area contributed by atoms with E-state index in [9.17, 15) is 18.0 Å². The van der Waals surface area contributed by atoms with E-state index in [1.165, 1.54) is 4.90 Å². The Hall–Kier alpha value is -2.88. The van der Waals surface area contributed by atoms with Crippen LogP contribution in [-0.2, 0) is 26.0 Å². The van der Waals surface area contributed by atoms with Crippen molar-refractivity contribution in [3.8, 4) is 5.75 Å². The Morgan fingerprint density at radius 2 is 2.03 bits per heavy atom. The predicted molar refractivity (Wildman–Crippen MR) is 119 cm³/mol. The lowest BCUT2D eigenvalue weighted by atomic mass is 10.1. The summed E-state index contributed by atoms with van der Waals surface area (Å²) < 4.78 is 31.2. The van der Waals surface area contributed by atoms with Gasteiger partial charge in [-0.05, 0) is 32.4 Å². The summed E-state index contributed by atoms with van der Waals surface area (Å²) in [5.74, 6) is 0.512. The molecule has 2 amide bonds. The highest BCUT2D eigenvalue weighted by Crippen LogP contribution is 2.31. The van der Waals surface area contributed by atoms with Crippen LogP contribution in [0, 0.1) is 13.8 Å². The van der Waals surface area contributed by atoms with E-state index in [4.69, 9.17) is 4.74 Å². The van der Waals surface area contributed by atoms with Crippen LogP contribution in [0.15, 0.2) is 24.3 Å². The molecule has 2 aliphatic rings. The summed E-state index contributed by atoms with van der Waals surface area (Å²) in [5, 5.41) is 4.57. The van der Waals surface area contributed by atoms with E-state index in [1.807, 2.05) is 26.0 Å². The average Bonchev–Trinajstić information content (AvgIpc) is 3.19. The third kappa shape index (κ3) is 4.36. The number of aromatic nitrogens is 2. The summed E-state index contributed by atoms with van der Waals surface area (Å²) in [7, 11) is -1.32. The molecule has 0 aliphatic carbocycles. The van der Waals surface area contributed by atoms with Crippen LogP contribution in [0.1, 0.15) is 35.8 Å². The smallest absolute Gasteiger partial charge is 0.242 e. The first kappa shape index (κ1) is 22.3. The summed E-state index contributed by atoms with van der Waals surface area (Å²) in [6.45, 7) is 4.31. The number of fused-ring (bicyclic) bond motifs is 1. The van der Waals surface area contributed by atoms with Crippen LogP contribution < -0.4 is 9.64 Å². The number of rotatable bonds is 5. The minimum absolute atomic E-state index is 0.0805. The first-order chi connectivity index (χ1) is 15.2. The number of amides is 2. The zero-order valence-electron chi connectivity index (χ0n) is 18.6. The van der Waals surface area contributed by atoms with Gasteiger partial charge in [-0.2, -0.15) is 5.10 Å². The van der Waals surface area contributed by atoms with Gasteiger partial charge in [0.15, 0.2) is 9.84 Å². The Kier molecular flexibility index (Phi) is 5.98. The number of hydrogen-bond acceptors (Lipinski definition) is 6. The van der Waals surface area contributed by atoms with Crippen molar-refractivity contribution < 1.29 is 22.7 Å². The first-order valence-electron chi connectivity index (χ1n) is 10.7. The van der Waals surface area contributed by atoms with Crippen LogP contribution in [0.5, 0.6) is 5.75 Å². The number of ether oxygens (including phenoxy) is 1. The van der Waals surface area contributed by atoms with Gasteiger partial charge in [0.2, 0.25) is 11.8 Å². The topological polar surface area (TPSA) is 102 Å². The molecule has 0 bridgehead atoms. The van der Waals surface area contributed by atoms with Crippen LogP contribution in [0.3, 0.4) is 0 Å². The third-order valence-corrected chi connectivity index (χ3v) is 7.92. The monoisotopic (exact) mass is 460 g/mol. The number of carbonyl (C=O) groups is 2. The molecule has 10 heteroatoms. The van der Waals surface area contributed by atoms with Crippen LogP contribution >= 0.6 is 0 Å². The molecule has 9 nitrogen and oxygen atoms in total. The van der Waals surface area contributed by atoms with E-state index in [0.717, 1.165) is 17.0 Å². The molecule has 3 heterocycles. The lowest BCUT2D eigenvalue weighted by molar-refractivity contribution is -0.130. The SMILES string of the molecule is Cc1nn(C2CCS(=O)(=O)C2)c(C)c1CN(C)C(=O)CN1C(=O)CCOc2ccccc21. The molecule has 1 aromatic heterocycles. The van der Waals surface area contributed by atoms with Crippen LogP contribution in [0.25, 0.3) is 0 Å². The summed E-state index contributed by atoms with van der Waals surface area (Å²) >= 11 is 0. The normalized spacial score (nSPS) is 19.9. The number of hydrogen-bond donors (Lipinski definition) is 0. The van der Waals surface area contributed by atoms with Gasteiger partial charge in [0.05, 0.1) is 42.0 Å². The van der Waals surface area contributed by atoms with E-state index >= 15 is 0 Å². The van der Waals surface area contributed by atoms with Gasteiger partial charge < -0.3 is 9.64 Å². The Morgan fingerprint density at radius 1 is 1.28 bits per heavy atom. The number of nitrogens with zero attached hydrogens (tertiary/aromatic N) is 4. The summed E-state index contributed by atoms with van der Waals surface area (Å²) in [6, 6.07) is 7.05. The van der Waals surface area contributed by atoms with Gasteiger partial charge in [0, 0.05) is 24.8 Å². The van der Waals surface area contributed by atoms with Crippen molar-refractivity contribution in [3.63, 3.8) is 0 Å². The largest absolute Gasteiger partial charge is 0.491 e. The summed E-state index contributed by atoms with van der Waals surface area (Å²) in [4.78, 5) is 28.7. The van der Waals surface area contributed by atoms with E-state index < -0.39 is 9.84 Å². The van der Waals surface area contributed by atoms with Crippen LogP contribution in [0.4, 0.5) is 5.69 Å². The summed E-state index contributed by atoms with van der Waals surface area (Å²) in [6.07, 6.45) is 0.762. The molecular weight excluding hydrogens is 432 g/mol. The molecule has 2 aliphatic heterocycles. The van der Waals surface area contributed by atoms with Crippen molar-refractivity contribution >= 4 is 27.3 Å². The molecule has 1 unspecified atom stereocenters. The molecule has 1 atom stereocenters. The van der Waals surface area contributed by atoms with Crippen molar-refractivity contribution in [2.75, 3.05) is 36.6 Å². The maximum Gasteiger partial charge on any atom is 0.242 e. The Bertz CT molecular complexity index is 1160. The van der Waals surface area contributed by atoms with Gasteiger partial charge in [-0.1, -0.05) is 12.1 Å². The number of para-hydroxylation sites is 2. The fourth-order valence-electron chi connectivity index (χ4n) is 4.32. The number of carbonyl (C=O) groups excluding carboxylic acids is 2. The van der Waals surface area contributed by atoms with E-state index in [2.05, 4.69) is 5.10 Å². The van der Waals surface area contributed by atoms with Gasteiger partial charge >= 0.3 is 0 Å². The van der Waals surface area contributed by atoms with E-state index in [-0.39, 0.29) is 48.9 Å². The third-order valence-electron chi connectivity index (χ3n) is 6.17. The second kappa shape index (κ2) is 8.57. The number of sulfone groups is 1. The number of likely N-dealkylation sites (N-methyl/N-ethyl adjacent to an activating group) is 1. The molecule has 1 saturated heterocycles. The van der Waals surface area contributed by atoms with Crippen molar-refractivity contribution in [1.29, 1.82) is 0 Å². The molecule has 172 valence electrons. The molecule has 0 saturated carbocycles. The maximum atomic E-state index is 13.0. The van der Waals surface area contributed by atoms with E-state index in [1.54, 1.807) is 28.8 Å². The fraction of sp³-hybridized carbons (Fsp3) is 0.500. The zero-order valence-corrected chi connectivity index (χ0v) is 19.4. The molecule has 0 N–H and O–H groups in total. The number of benzene rings is 1. The van der Waals surface area contributed by atoms with Crippen molar-refractivity contribution in [1.82, 2.24) is 14.7 Å². The molecule has 2 aromatic rings. The van der Waals surface area contributed by atoms with Gasteiger partial charge in [-0.3, -0.25) is 19.2 Å². The Labute approximate surface area is 187 Å². The average molecular weight is 461 g/mol. The molecule has 1 fully saturated rings. The quantitative estimate of drug-likeness (QED) is 0.672. The lowest BCUT2D eigenvalue weighted by Crippen LogP contribution is -2.41. The number of aryl methyl sites for hydroxylation is 1. The molecule has 4 rings (SSSR count). The maximum absolute atomic E-state index is 13.0. The number of anilines is 1. The van der Waals surface area contributed by atoms with Crippen LogP contribution in [0.2, 0.25) is 0 Å². The Morgan fingerprint density at radius 3 is 2.75 bits per heavy atom. The summed E-state index contributed by atoms with van der Waals surface area (Å²) in [5.41, 5.74) is 3.14. The van der Waals surface area contributed by atoms with Gasteiger partial charge in [0.25, 0.3) is 0 Å². The standard InChI is InChI=1S/C22H28N4O5S/c1-15-18(16(2)26(23-15)17-9-11-32(29,30)14-17)12-24(3)22(28)13-25-19-6-4-5-7-20(19)31-10-8-21(25)27/h4-7,17H,8-14H2,1-3H3. The van der Waals surface area contributed by atoms with Crippen LogP contribution in [-0.4, -0.2) is 66.6 Å². The molecule has 32 heavy (non-hydrogen) atoms. The molecule has 0 spiro atoms. The highest BCUT2D eigenvalue weighted by atomic mass is 32.2. The van der Waals surface area contributed by atoms with Gasteiger partial charge in [-0.25, -0.2) is 8.42 Å². The molecule has 0 radical (unpaired) electrons. The highest BCUT2D eigenvalue weighted by molar-refractivity contribution is 7.91. The zero-order chi connectivity index (χ0) is 23.0. The molecular formula is C22H28N4O5S. The minimum Gasteiger partial charge on any atom is -0.491 e. The van der Waals surface area contributed by atoms with Gasteiger partial charge in [0.1, 0.15) is 12.3 Å². The van der Waals surface area contributed by atoms with Crippen molar-refractivity contribution in [2.24, 2.45) is 0 Å². The minimum atomic E-state index is -3.02. The molecule has 1 aromatic carbocycles. The first-order valence-corrected chi connectivity index (χ1v) is 12.5. The van der Waals surface area contributed by atoms with Crippen molar-refractivity contribution in [3.05, 3.63) is 41.2 Å². The van der Waals surface area contributed by atoms with Crippen molar-refractivity contribution in [2.45, 2.75) is 39.3 Å². The van der Waals surface area contributed by atoms with Gasteiger partial charge in [-0.15, -0.1) is 0 Å². The highest BCUT2D eigenvalue weighted by Gasteiger charge is 2.32. The second-order valence-electron chi connectivity index (χ2n) is 8.45. The predicted octanol–water partition coefficient (Wildman–Crippen LogP) is 1.63. The fourth-order valence-corrected chi connectivity index (χ4v) is 6.02. The lowest BCUT2D eigenvalue weighted by Gasteiger charge is -2.25. The van der Waals surface area contributed by atoms with E-state index in [0.29, 0.717) is 24.4 Å². The second-order valence-corrected chi connectivity index (χ2v) is 10.7. The Balaban J connectivity index is 1.49.